The Morgan fingerprint density at radius 3 is 2.48 bits per heavy atom. The summed E-state index contributed by atoms with van der Waals surface area (Å²) in [5.41, 5.74) is 1.38. The van der Waals surface area contributed by atoms with Gasteiger partial charge in [0.2, 0.25) is 0 Å². The van der Waals surface area contributed by atoms with Crippen LogP contribution in [0, 0.1) is 0 Å². The van der Waals surface area contributed by atoms with Crippen LogP contribution in [0.1, 0.15) is 6.92 Å². The van der Waals surface area contributed by atoms with E-state index in [-0.39, 0.29) is 16.2 Å². The van der Waals surface area contributed by atoms with Crippen LogP contribution in [-0.2, 0) is 16.9 Å². The average Bonchev–Trinajstić information content (AvgIpc) is 3.17. The topological polar surface area (TPSA) is 81.2 Å². The standard InChI is InChI=1S/C22H18Cl2N2O4S/c1-3-31(28,29)14-5-7-19(30-20-6-4-13(23)10-18(20)24)16(11-14)17-12-25-21-15(17)8-9-26(2)22(21)27/h4-12,25H,3H2,1-2H3. The molecule has 4 rings (SSSR count). The maximum atomic E-state index is 12.5. The number of fused-ring (bicyclic) bond motifs is 1. The quantitative estimate of drug-likeness (QED) is 0.416. The van der Waals surface area contributed by atoms with Gasteiger partial charge in [-0.25, -0.2) is 8.42 Å². The normalized spacial score (nSPS) is 11.7. The van der Waals surface area contributed by atoms with E-state index < -0.39 is 9.84 Å². The minimum absolute atomic E-state index is 0.0376. The molecule has 0 aliphatic heterocycles. The van der Waals surface area contributed by atoms with Crippen molar-refractivity contribution in [3.05, 3.63) is 75.3 Å². The second kappa shape index (κ2) is 8.07. The van der Waals surface area contributed by atoms with Crippen molar-refractivity contribution < 1.29 is 13.2 Å². The van der Waals surface area contributed by atoms with E-state index >= 15 is 0 Å². The summed E-state index contributed by atoms with van der Waals surface area (Å²) in [7, 11) is -1.80. The largest absolute Gasteiger partial charge is 0.455 e. The van der Waals surface area contributed by atoms with Crippen molar-refractivity contribution in [2.75, 3.05) is 5.75 Å². The summed E-state index contributed by atoms with van der Waals surface area (Å²) in [6.07, 6.45) is 3.32. The molecule has 0 atom stereocenters. The number of rotatable bonds is 5. The second-order valence-electron chi connectivity index (χ2n) is 6.96. The van der Waals surface area contributed by atoms with Gasteiger partial charge >= 0.3 is 0 Å². The maximum Gasteiger partial charge on any atom is 0.274 e. The molecule has 0 aliphatic carbocycles. The highest BCUT2D eigenvalue weighted by Crippen LogP contribution is 2.40. The van der Waals surface area contributed by atoms with Crippen LogP contribution in [0.15, 0.2) is 64.5 Å². The molecule has 0 fully saturated rings. The molecule has 6 nitrogen and oxygen atoms in total. The van der Waals surface area contributed by atoms with Crippen LogP contribution in [0.25, 0.3) is 22.0 Å². The number of hydrogen-bond donors (Lipinski definition) is 1. The van der Waals surface area contributed by atoms with Gasteiger partial charge in [0, 0.05) is 41.0 Å². The van der Waals surface area contributed by atoms with E-state index in [4.69, 9.17) is 27.9 Å². The molecule has 0 bridgehead atoms. The summed E-state index contributed by atoms with van der Waals surface area (Å²) >= 11 is 12.2. The summed E-state index contributed by atoms with van der Waals surface area (Å²) in [5, 5.41) is 1.44. The zero-order valence-corrected chi connectivity index (χ0v) is 19.0. The van der Waals surface area contributed by atoms with Gasteiger partial charge in [0.05, 0.1) is 15.7 Å². The second-order valence-corrected chi connectivity index (χ2v) is 10.1. The van der Waals surface area contributed by atoms with E-state index in [1.165, 1.54) is 10.6 Å². The Labute approximate surface area is 188 Å². The van der Waals surface area contributed by atoms with Crippen molar-refractivity contribution in [3.8, 4) is 22.6 Å². The molecule has 0 saturated carbocycles. The average molecular weight is 477 g/mol. The van der Waals surface area contributed by atoms with Gasteiger partial charge in [-0.15, -0.1) is 0 Å². The molecule has 4 aromatic rings. The zero-order valence-electron chi connectivity index (χ0n) is 16.6. The van der Waals surface area contributed by atoms with E-state index in [2.05, 4.69) is 4.98 Å². The van der Waals surface area contributed by atoms with Crippen molar-refractivity contribution in [1.29, 1.82) is 0 Å². The molecule has 0 spiro atoms. The molecule has 0 saturated heterocycles. The van der Waals surface area contributed by atoms with Crippen molar-refractivity contribution in [2.24, 2.45) is 7.05 Å². The first-order valence-electron chi connectivity index (χ1n) is 9.38. The van der Waals surface area contributed by atoms with Gasteiger partial charge in [0.15, 0.2) is 9.84 Å². The third-order valence-electron chi connectivity index (χ3n) is 5.01. The van der Waals surface area contributed by atoms with Crippen molar-refractivity contribution in [2.45, 2.75) is 11.8 Å². The Bertz CT molecular complexity index is 1470. The van der Waals surface area contributed by atoms with Gasteiger partial charge in [-0.05, 0) is 42.5 Å². The summed E-state index contributed by atoms with van der Waals surface area (Å²) in [4.78, 5) is 15.6. The lowest BCUT2D eigenvalue weighted by Crippen LogP contribution is -2.15. The van der Waals surface area contributed by atoms with Gasteiger partial charge in [-0.1, -0.05) is 30.1 Å². The Morgan fingerprint density at radius 2 is 1.77 bits per heavy atom. The SMILES string of the molecule is CCS(=O)(=O)c1ccc(Oc2ccc(Cl)cc2Cl)c(-c2c[nH]c3c(=O)n(C)ccc23)c1. The molecule has 160 valence electrons. The van der Waals surface area contributed by atoms with Crippen LogP contribution in [0.3, 0.4) is 0 Å². The first kappa shape index (κ1) is 21.5. The van der Waals surface area contributed by atoms with Crippen LogP contribution >= 0.6 is 23.2 Å². The molecule has 2 heterocycles. The van der Waals surface area contributed by atoms with Gasteiger partial charge in [0.1, 0.15) is 17.0 Å². The Hall–Kier alpha value is -2.74. The van der Waals surface area contributed by atoms with Crippen molar-refractivity contribution in [1.82, 2.24) is 9.55 Å². The Morgan fingerprint density at radius 1 is 1.03 bits per heavy atom. The predicted octanol–water partition coefficient (Wildman–Crippen LogP) is 5.43. The highest BCUT2D eigenvalue weighted by Gasteiger charge is 2.20. The molecule has 0 radical (unpaired) electrons. The molecule has 2 aromatic heterocycles. The van der Waals surface area contributed by atoms with Gasteiger partial charge in [-0.3, -0.25) is 4.79 Å². The van der Waals surface area contributed by atoms with E-state index in [0.29, 0.717) is 43.6 Å². The number of H-pyrrole nitrogens is 1. The fraction of sp³-hybridized carbons (Fsp3) is 0.136. The van der Waals surface area contributed by atoms with Crippen molar-refractivity contribution in [3.63, 3.8) is 0 Å². The number of aromatic amines is 1. The van der Waals surface area contributed by atoms with Gasteiger partial charge in [0.25, 0.3) is 5.56 Å². The number of pyridine rings is 1. The smallest absolute Gasteiger partial charge is 0.274 e. The number of nitrogens with one attached hydrogen (secondary N) is 1. The van der Waals surface area contributed by atoms with E-state index in [0.717, 1.165) is 0 Å². The molecule has 1 N–H and O–H groups in total. The molecular formula is C22H18Cl2N2O4S. The molecule has 31 heavy (non-hydrogen) atoms. The molecule has 9 heteroatoms. The fourth-order valence-corrected chi connectivity index (χ4v) is 4.64. The number of benzene rings is 2. The monoisotopic (exact) mass is 476 g/mol. The fourth-order valence-electron chi connectivity index (χ4n) is 3.28. The number of ether oxygens (including phenoxy) is 1. The molecule has 2 aromatic carbocycles. The number of sulfone groups is 1. The molecule has 0 unspecified atom stereocenters. The number of halogens is 2. The number of aryl methyl sites for hydroxylation is 1. The summed E-state index contributed by atoms with van der Waals surface area (Å²) in [6, 6.07) is 11.3. The minimum Gasteiger partial charge on any atom is -0.455 e. The summed E-state index contributed by atoms with van der Waals surface area (Å²) in [5.74, 6) is 0.722. The van der Waals surface area contributed by atoms with E-state index in [1.807, 2.05) is 0 Å². The highest BCUT2D eigenvalue weighted by molar-refractivity contribution is 7.91. The minimum atomic E-state index is -3.46. The molecule has 0 aliphatic rings. The zero-order chi connectivity index (χ0) is 22.3. The first-order chi connectivity index (χ1) is 14.7. The van der Waals surface area contributed by atoms with Crippen molar-refractivity contribution >= 4 is 43.9 Å². The van der Waals surface area contributed by atoms with E-state index in [9.17, 15) is 13.2 Å². The van der Waals surface area contributed by atoms with Crippen LogP contribution < -0.4 is 10.3 Å². The third kappa shape index (κ3) is 3.96. The maximum absolute atomic E-state index is 12.5. The van der Waals surface area contributed by atoms with E-state index in [1.54, 1.807) is 62.8 Å². The van der Waals surface area contributed by atoms with Crippen LogP contribution in [0.2, 0.25) is 10.0 Å². The van der Waals surface area contributed by atoms with Crippen LogP contribution in [0.4, 0.5) is 0 Å². The Kier molecular flexibility index (Phi) is 5.60. The van der Waals surface area contributed by atoms with Gasteiger partial charge in [-0.2, -0.15) is 0 Å². The highest BCUT2D eigenvalue weighted by atomic mass is 35.5. The molecule has 0 amide bonds. The number of nitrogens with zero attached hydrogens (tertiary/aromatic N) is 1. The number of aromatic nitrogens is 2. The lowest BCUT2D eigenvalue weighted by molar-refractivity contribution is 0.484. The Balaban J connectivity index is 1.95. The number of hydrogen-bond acceptors (Lipinski definition) is 4. The van der Waals surface area contributed by atoms with Crippen LogP contribution in [0.5, 0.6) is 11.5 Å². The lowest BCUT2D eigenvalue weighted by Gasteiger charge is -2.14. The molecular weight excluding hydrogens is 459 g/mol. The predicted molar refractivity (Wildman–Crippen MR) is 123 cm³/mol. The van der Waals surface area contributed by atoms with Crippen LogP contribution in [-0.4, -0.2) is 23.7 Å². The summed E-state index contributed by atoms with van der Waals surface area (Å²) < 4.78 is 32.5. The summed E-state index contributed by atoms with van der Waals surface area (Å²) in [6.45, 7) is 1.59. The lowest BCUT2D eigenvalue weighted by atomic mass is 10.0. The first-order valence-corrected chi connectivity index (χ1v) is 11.8. The third-order valence-corrected chi connectivity index (χ3v) is 7.28. The van der Waals surface area contributed by atoms with Gasteiger partial charge < -0.3 is 14.3 Å².